The number of fused-ring (bicyclic) bond motifs is 3. The van der Waals surface area contributed by atoms with Gasteiger partial charge in [0, 0.05) is 25.2 Å². The van der Waals surface area contributed by atoms with Crippen molar-refractivity contribution in [3.05, 3.63) is 47.5 Å². The molecule has 0 fully saturated rings. The molecule has 0 radical (unpaired) electrons. The lowest BCUT2D eigenvalue weighted by Gasteiger charge is -2.03. The highest BCUT2D eigenvalue weighted by molar-refractivity contribution is 6.29. The molecule has 0 aromatic heterocycles. The first-order chi connectivity index (χ1) is 8.35. The third-order valence-electron chi connectivity index (χ3n) is 3.10. The third-order valence-corrected chi connectivity index (χ3v) is 3.10. The first kappa shape index (κ1) is 10.0. The van der Waals surface area contributed by atoms with E-state index in [-0.39, 0.29) is 0 Å². The highest BCUT2D eigenvalue weighted by Crippen LogP contribution is 2.26. The fourth-order valence-electron chi connectivity index (χ4n) is 2.31. The number of hydrogen-bond donors (Lipinski definition) is 1. The quantitative estimate of drug-likeness (QED) is 0.730. The lowest BCUT2D eigenvalue weighted by molar-refractivity contribution is 1.29. The Hall–Kier alpha value is -2.16. The molecule has 2 aromatic carbocycles. The summed E-state index contributed by atoms with van der Waals surface area (Å²) in [4.78, 5) is 8.56. The molecule has 0 saturated heterocycles. The van der Waals surface area contributed by atoms with Crippen LogP contribution >= 0.6 is 0 Å². The molecule has 2 aromatic rings. The first-order valence-electron chi connectivity index (χ1n) is 5.58. The van der Waals surface area contributed by atoms with Gasteiger partial charge < -0.3 is 5.32 Å². The van der Waals surface area contributed by atoms with E-state index < -0.39 is 0 Å². The maximum atomic E-state index is 4.30. The molecule has 3 heteroatoms. The normalized spacial score (nSPS) is 18.7. The summed E-state index contributed by atoms with van der Waals surface area (Å²) in [5.74, 6) is 1.80. The number of nitrogens with one attached hydrogen (secondary N) is 1. The summed E-state index contributed by atoms with van der Waals surface area (Å²) in [6.45, 7) is 0. The number of nitrogens with zero attached hydrogens (tertiary/aromatic N) is 2. The van der Waals surface area contributed by atoms with Crippen molar-refractivity contribution in [3.8, 4) is 0 Å². The SMILES string of the molecule is C/N=C1\N/C(=N\C)c2c1ccc1ccccc21. The van der Waals surface area contributed by atoms with Crippen molar-refractivity contribution in [2.75, 3.05) is 14.1 Å². The van der Waals surface area contributed by atoms with E-state index in [0.717, 1.165) is 22.8 Å². The molecule has 84 valence electrons. The Kier molecular flexibility index (Phi) is 2.18. The predicted molar refractivity (Wildman–Crippen MR) is 72.0 cm³/mol. The molecule has 0 bridgehead atoms. The molecule has 3 nitrogen and oxygen atoms in total. The molecule has 0 unspecified atom stereocenters. The van der Waals surface area contributed by atoms with Gasteiger partial charge in [-0.3, -0.25) is 9.98 Å². The van der Waals surface area contributed by atoms with Crippen LogP contribution in [0.1, 0.15) is 11.1 Å². The van der Waals surface area contributed by atoms with Crippen LogP contribution in [0, 0.1) is 0 Å². The molecule has 0 atom stereocenters. The van der Waals surface area contributed by atoms with Crippen LogP contribution in [0.15, 0.2) is 46.4 Å². The van der Waals surface area contributed by atoms with Crippen LogP contribution in [0.5, 0.6) is 0 Å². The summed E-state index contributed by atoms with van der Waals surface area (Å²) >= 11 is 0. The van der Waals surface area contributed by atoms with E-state index >= 15 is 0 Å². The van der Waals surface area contributed by atoms with Crippen LogP contribution in [0.25, 0.3) is 10.8 Å². The van der Waals surface area contributed by atoms with Crippen molar-refractivity contribution >= 4 is 22.4 Å². The van der Waals surface area contributed by atoms with Gasteiger partial charge in [0.1, 0.15) is 11.7 Å². The fraction of sp³-hybridized carbons (Fsp3) is 0.143. The van der Waals surface area contributed by atoms with Gasteiger partial charge in [-0.15, -0.1) is 0 Å². The van der Waals surface area contributed by atoms with Gasteiger partial charge in [0.25, 0.3) is 0 Å². The Balaban J connectivity index is 2.44. The lowest BCUT2D eigenvalue weighted by atomic mass is 10.0. The second kappa shape index (κ2) is 3.70. The minimum absolute atomic E-state index is 0.895. The van der Waals surface area contributed by atoms with Gasteiger partial charge in [0.15, 0.2) is 0 Å². The molecule has 3 rings (SSSR count). The molecule has 1 aliphatic heterocycles. The Labute approximate surface area is 99.9 Å². The average Bonchev–Trinajstić information content (AvgIpc) is 2.77. The molecule has 0 saturated carbocycles. The molecule has 0 spiro atoms. The Bertz CT molecular complexity index is 654. The van der Waals surface area contributed by atoms with E-state index in [0.29, 0.717) is 0 Å². The average molecular weight is 223 g/mol. The van der Waals surface area contributed by atoms with Gasteiger partial charge in [-0.25, -0.2) is 0 Å². The summed E-state index contributed by atoms with van der Waals surface area (Å²) in [6.07, 6.45) is 0. The number of benzene rings is 2. The topological polar surface area (TPSA) is 36.8 Å². The van der Waals surface area contributed by atoms with Crippen molar-refractivity contribution in [2.45, 2.75) is 0 Å². The van der Waals surface area contributed by atoms with E-state index in [1.165, 1.54) is 10.8 Å². The molecule has 17 heavy (non-hydrogen) atoms. The van der Waals surface area contributed by atoms with Gasteiger partial charge in [0.05, 0.1) is 0 Å². The zero-order valence-electron chi connectivity index (χ0n) is 9.86. The van der Waals surface area contributed by atoms with Crippen LogP contribution in [-0.4, -0.2) is 25.8 Å². The second-order valence-electron chi connectivity index (χ2n) is 3.98. The van der Waals surface area contributed by atoms with Crippen LogP contribution in [0.2, 0.25) is 0 Å². The van der Waals surface area contributed by atoms with Crippen molar-refractivity contribution in [3.63, 3.8) is 0 Å². The maximum Gasteiger partial charge on any atom is 0.135 e. The van der Waals surface area contributed by atoms with E-state index in [1.54, 1.807) is 14.1 Å². The van der Waals surface area contributed by atoms with E-state index in [9.17, 15) is 0 Å². The smallest absolute Gasteiger partial charge is 0.135 e. The summed E-state index contributed by atoms with van der Waals surface area (Å²) in [7, 11) is 3.59. The molecule has 1 aliphatic rings. The van der Waals surface area contributed by atoms with E-state index in [4.69, 9.17) is 0 Å². The van der Waals surface area contributed by atoms with Gasteiger partial charge in [0.2, 0.25) is 0 Å². The van der Waals surface area contributed by atoms with Crippen molar-refractivity contribution in [1.82, 2.24) is 5.32 Å². The zero-order valence-corrected chi connectivity index (χ0v) is 9.86. The van der Waals surface area contributed by atoms with Gasteiger partial charge in [-0.05, 0) is 16.8 Å². The molecule has 0 amide bonds. The summed E-state index contributed by atoms with van der Waals surface area (Å²) in [5, 5.41) is 5.70. The second-order valence-corrected chi connectivity index (χ2v) is 3.98. The predicted octanol–water partition coefficient (Wildman–Crippen LogP) is 2.20. The van der Waals surface area contributed by atoms with Crippen molar-refractivity contribution < 1.29 is 0 Å². The van der Waals surface area contributed by atoms with Crippen molar-refractivity contribution in [1.29, 1.82) is 0 Å². The Morgan fingerprint density at radius 3 is 2.41 bits per heavy atom. The largest absolute Gasteiger partial charge is 0.325 e. The molecular formula is C14H13N3. The third kappa shape index (κ3) is 1.35. The van der Waals surface area contributed by atoms with Crippen LogP contribution in [0.3, 0.4) is 0 Å². The van der Waals surface area contributed by atoms with E-state index in [1.807, 2.05) is 0 Å². The highest BCUT2D eigenvalue weighted by atomic mass is 15.1. The monoisotopic (exact) mass is 223 g/mol. The van der Waals surface area contributed by atoms with Crippen LogP contribution in [0.4, 0.5) is 0 Å². The zero-order chi connectivity index (χ0) is 11.8. The van der Waals surface area contributed by atoms with Gasteiger partial charge in [-0.2, -0.15) is 0 Å². The molecule has 0 aliphatic carbocycles. The van der Waals surface area contributed by atoms with Gasteiger partial charge >= 0.3 is 0 Å². The molecule has 1 N–H and O–H groups in total. The summed E-state index contributed by atoms with van der Waals surface area (Å²) in [5.41, 5.74) is 2.29. The first-order valence-corrected chi connectivity index (χ1v) is 5.58. The number of amidine groups is 2. The van der Waals surface area contributed by atoms with Crippen molar-refractivity contribution in [2.24, 2.45) is 9.98 Å². The van der Waals surface area contributed by atoms with Gasteiger partial charge in [-0.1, -0.05) is 30.3 Å². The maximum absolute atomic E-state index is 4.30. The van der Waals surface area contributed by atoms with Crippen LogP contribution in [-0.2, 0) is 0 Å². The van der Waals surface area contributed by atoms with Crippen LogP contribution < -0.4 is 5.32 Å². The minimum atomic E-state index is 0.895. The number of rotatable bonds is 0. The molecule has 1 heterocycles. The number of hydrogen-bond acceptors (Lipinski definition) is 2. The minimum Gasteiger partial charge on any atom is -0.325 e. The highest BCUT2D eigenvalue weighted by Gasteiger charge is 2.24. The molecular weight excluding hydrogens is 210 g/mol. The lowest BCUT2D eigenvalue weighted by Crippen LogP contribution is -2.22. The Morgan fingerprint density at radius 2 is 1.65 bits per heavy atom. The van der Waals surface area contributed by atoms with E-state index in [2.05, 4.69) is 51.7 Å². The number of aliphatic imine (C=N–C) groups is 2. The fourth-order valence-corrected chi connectivity index (χ4v) is 2.31. The summed E-state index contributed by atoms with van der Waals surface area (Å²) < 4.78 is 0. The summed E-state index contributed by atoms with van der Waals surface area (Å²) in [6, 6.07) is 12.6. The standard InChI is InChI=1S/C14H13N3/c1-15-13-11-8-7-9-5-3-4-6-10(9)12(11)14(16-2)17-13/h3-8H,1-2H3,(H,15,16,17). The Morgan fingerprint density at radius 1 is 0.882 bits per heavy atom.